The molecule has 1 fully saturated rings. The summed E-state index contributed by atoms with van der Waals surface area (Å²) in [6.07, 6.45) is 5.79. The van der Waals surface area contributed by atoms with E-state index in [0.717, 1.165) is 45.2 Å². The van der Waals surface area contributed by atoms with Crippen LogP contribution in [0, 0.1) is 0 Å². The Balaban J connectivity index is 1.36. The van der Waals surface area contributed by atoms with Crippen LogP contribution in [0.25, 0.3) is 10.6 Å². The minimum atomic E-state index is -0.0236. The van der Waals surface area contributed by atoms with Gasteiger partial charge in [-0.3, -0.25) is 4.79 Å². The fourth-order valence-electron chi connectivity index (χ4n) is 3.52. The van der Waals surface area contributed by atoms with Gasteiger partial charge >= 0.3 is 0 Å². The summed E-state index contributed by atoms with van der Waals surface area (Å²) in [5, 5.41) is 5.92. The first-order valence-corrected chi connectivity index (χ1v) is 11.5. The lowest BCUT2D eigenvalue weighted by atomic mass is 10.1. The first-order chi connectivity index (χ1) is 14.2. The lowest BCUT2D eigenvalue weighted by Gasteiger charge is -2.29. The minimum absolute atomic E-state index is 0.0236. The maximum absolute atomic E-state index is 12.5. The number of anilines is 1. The standard InChI is InChI=1S/C22H23BrN4OS/c23-18-8-4-6-16(12-18)22-26-19(15-29-22)13-20(28)25-14-17-7-5-9-24-21(17)27-10-2-1-3-11-27/h4-9,12,15H,1-3,10-11,13-14H2,(H,25,28). The van der Waals surface area contributed by atoms with Crippen molar-refractivity contribution in [1.82, 2.24) is 15.3 Å². The molecular weight excluding hydrogens is 448 g/mol. The van der Waals surface area contributed by atoms with Crippen LogP contribution in [-0.2, 0) is 17.8 Å². The number of thiazole rings is 1. The third kappa shape index (κ3) is 5.22. The van der Waals surface area contributed by atoms with Gasteiger partial charge in [0, 0.05) is 46.8 Å². The van der Waals surface area contributed by atoms with E-state index in [1.807, 2.05) is 48.0 Å². The molecule has 150 valence electrons. The van der Waals surface area contributed by atoms with Crippen LogP contribution in [-0.4, -0.2) is 29.0 Å². The summed E-state index contributed by atoms with van der Waals surface area (Å²) in [6, 6.07) is 12.0. The average Bonchev–Trinajstić information content (AvgIpc) is 3.21. The van der Waals surface area contributed by atoms with Crippen molar-refractivity contribution in [3.05, 3.63) is 63.7 Å². The molecule has 3 heterocycles. The Kier molecular flexibility index (Phi) is 6.56. The highest BCUT2D eigenvalue weighted by atomic mass is 79.9. The van der Waals surface area contributed by atoms with Gasteiger partial charge in [0.1, 0.15) is 10.8 Å². The number of hydrogen-bond acceptors (Lipinski definition) is 5. The van der Waals surface area contributed by atoms with E-state index in [4.69, 9.17) is 0 Å². The normalized spacial score (nSPS) is 14.0. The van der Waals surface area contributed by atoms with Crippen LogP contribution >= 0.6 is 27.3 Å². The van der Waals surface area contributed by atoms with Crippen molar-refractivity contribution in [2.75, 3.05) is 18.0 Å². The molecule has 0 unspecified atom stereocenters. The van der Waals surface area contributed by atoms with E-state index in [1.165, 1.54) is 19.3 Å². The quantitative estimate of drug-likeness (QED) is 0.560. The van der Waals surface area contributed by atoms with Crippen molar-refractivity contribution in [3.63, 3.8) is 0 Å². The molecule has 1 aliphatic heterocycles. The van der Waals surface area contributed by atoms with Gasteiger partial charge < -0.3 is 10.2 Å². The molecule has 1 saturated heterocycles. The summed E-state index contributed by atoms with van der Waals surface area (Å²) >= 11 is 5.05. The first-order valence-electron chi connectivity index (χ1n) is 9.85. The smallest absolute Gasteiger partial charge is 0.226 e. The summed E-state index contributed by atoms with van der Waals surface area (Å²) in [4.78, 5) is 24.0. The zero-order valence-electron chi connectivity index (χ0n) is 16.1. The SMILES string of the molecule is O=C(Cc1csc(-c2cccc(Br)c2)n1)NCc1cccnc1N1CCCCC1. The van der Waals surface area contributed by atoms with Gasteiger partial charge in [0.25, 0.3) is 0 Å². The Morgan fingerprint density at radius 2 is 2.03 bits per heavy atom. The van der Waals surface area contributed by atoms with E-state index in [9.17, 15) is 4.79 Å². The molecule has 0 atom stereocenters. The molecule has 0 spiro atoms. The highest BCUT2D eigenvalue weighted by molar-refractivity contribution is 9.10. The maximum atomic E-state index is 12.5. The number of rotatable bonds is 6. The monoisotopic (exact) mass is 470 g/mol. The number of nitrogens with zero attached hydrogens (tertiary/aromatic N) is 3. The second-order valence-corrected chi connectivity index (χ2v) is 8.92. The molecule has 2 aromatic heterocycles. The Morgan fingerprint density at radius 3 is 2.86 bits per heavy atom. The van der Waals surface area contributed by atoms with Gasteiger partial charge in [-0.2, -0.15) is 0 Å². The Morgan fingerprint density at radius 1 is 1.17 bits per heavy atom. The summed E-state index contributed by atoms with van der Waals surface area (Å²) < 4.78 is 1.02. The van der Waals surface area contributed by atoms with E-state index in [1.54, 1.807) is 11.3 Å². The predicted molar refractivity (Wildman–Crippen MR) is 121 cm³/mol. The van der Waals surface area contributed by atoms with Gasteiger partial charge in [-0.1, -0.05) is 34.1 Å². The van der Waals surface area contributed by atoms with Crippen molar-refractivity contribution in [2.45, 2.75) is 32.2 Å². The number of hydrogen-bond donors (Lipinski definition) is 1. The van der Waals surface area contributed by atoms with Crippen LogP contribution in [0.5, 0.6) is 0 Å². The number of aromatic nitrogens is 2. The molecule has 7 heteroatoms. The molecule has 0 radical (unpaired) electrons. The van der Waals surface area contributed by atoms with E-state index in [0.29, 0.717) is 6.54 Å². The van der Waals surface area contributed by atoms with Gasteiger partial charge in [-0.15, -0.1) is 11.3 Å². The van der Waals surface area contributed by atoms with Crippen molar-refractivity contribution >= 4 is 39.0 Å². The number of carbonyl (C=O) groups excluding carboxylic acids is 1. The zero-order chi connectivity index (χ0) is 20.1. The first kappa shape index (κ1) is 20.0. The summed E-state index contributed by atoms with van der Waals surface area (Å²) in [6.45, 7) is 2.56. The molecule has 4 rings (SSSR count). The number of nitrogens with one attached hydrogen (secondary N) is 1. The molecule has 3 aromatic rings. The number of benzene rings is 1. The predicted octanol–water partition coefficient (Wildman–Crippen LogP) is 4.82. The maximum Gasteiger partial charge on any atom is 0.226 e. The molecule has 0 aliphatic carbocycles. The second-order valence-electron chi connectivity index (χ2n) is 7.14. The molecular formula is C22H23BrN4OS. The van der Waals surface area contributed by atoms with Gasteiger partial charge in [-0.05, 0) is 37.5 Å². The van der Waals surface area contributed by atoms with Crippen LogP contribution in [0.3, 0.4) is 0 Å². The van der Waals surface area contributed by atoms with Crippen LogP contribution in [0.15, 0.2) is 52.4 Å². The summed E-state index contributed by atoms with van der Waals surface area (Å²) in [7, 11) is 0. The van der Waals surface area contributed by atoms with Crippen molar-refractivity contribution < 1.29 is 4.79 Å². The minimum Gasteiger partial charge on any atom is -0.356 e. The van der Waals surface area contributed by atoms with E-state index in [-0.39, 0.29) is 12.3 Å². The summed E-state index contributed by atoms with van der Waals surface area (Å²) in [5.74, 6) is 0.975. The van der Waals surface area contributed by atoms with E-state index in [2.05, 4.69) is 36.1 Å². The van der Waals surface area contributed by atoms with Crippen molar-refractivity contribution in [1.29, 1.82) is 0 Å². The van der Waals surface area contributed by atoms with Crippen LogP contribution in [0.2, 0.25) is 0 Å². The van der Waals surface area contributed by atoms with E-state index >= 15 is 0 Å². The molecule has 29 heavy (non-hydrogen) atoms. The van der Waals surface area contributed by atoms with Crippen LogP contribution < -0.4 is 10.2 Å². The largest absolute Gasteiger partial charge is 0.356 e. The zero-order valence-corrected chi connectivity index (χ0v) is 18.5. The van der Waals surface area contributed by atoms with Gasteiger partial charge in [-0.25, -0.2) is 9.97 Å². The topological polar surface area (TPSA) is 58.1 Å². The average molecular weight is 471 g/mol. The third-order valence-corrected chi connectivity index (χ3v) is 6.40. The molecule has 1 N–H and O–H groups in total. The molecule has 5 nitrogen and oxygen atoms in total. The molecule has 1 aromatic carbocycles. The second kappa shape index (κ2) is 9.50. The van der Waals surface area contributed by atoms with Crippen LogP contribution in [0.4, 0.5) is 5.82 Å². The number of pyridine rings is 1. The van der Waals surface area contributed by atoms with Gasteiger partial charge in [0.2, 0.25) is 5.91 Å². The number of piperidine rings is 1. The number of halogens is 1. The lowest BCUT2D eigenvalue weighted by Crippen LogP contribution is -2.32. The van der Waals surface area contributed by atoms with E-state index < -0.39 is 0 Å². The third-order valence-electron chi connectivity index (χ3n) is 4.96. The van der Waals surface area contributed by atoms with Crippen molar-refractivity contribution in [2.24, 2.45) is 0 Å². The molecule has 0 saturated carbocycles. The van der Waals surface area contributed by atoms with Gasteiger partial charge in [0.05, 0.1) is 12.1 Å². The highest BCUT2D eigenvalue weighted by Crippen LogP contribution is 2.26. The van der Waals surface area contributed by atoms with Gasteiger partial charge in [0.15, 0.2) is 0 Å². The Bertz CT molecular complexity index is 984. The lowest BCUT2D eigenvalue weighted by molar-refractivity contribution is -0.120. The Labute approximate surface area is 183 Å². The Hall–Kier alpha value is -2.25. The van der Waals surface area contributed by atoms with Crippen LogP contribution in [0.1, 0.15) is 30.5 Å². The number of amides is 1. The molecule has 0 bridgehead atoms. The summed E-state index contributed by atoms with van der Waals surface area (Å²) in [5.41, 5.74) is 2.92. The molecule has 1 amide bonds. The fraction of sp³-hybridized carbons (Fsp3) is 0.318. The highest BCUT2D eigenvalue weighted by Gasteiger charge is 2.16. The number of carbonyl (C=O) groups is 1. The fourth-order valence-corrected chi connectivity index (χ4v) is 4.74. The molecule has 1 aliphatic rings. The van der Waals surface area contributed by atoms with Crippen molar-refractivity contribution in [3.8, 4) is 10.6 Å².